The van der Waals surface area contributed by atoms with Gasteiger partial charge in [-0.1, -0.05) is 36.4 Å². The molecule has 3 aromatic rings. The lowest BCUT2D eigenvalue weighted by Crippen LogP contribution is -2.31. The molecule has 0 aliphatic rings. The fraction of sp³-hybridized carbons (Fsp3) is 0.231. The molecule has 160 valence electrons. The number of carbonyl (C=O) groups is 2. The Hall–Kier alpha value is -3.60. The van der Waals surface area contributed by atoms with E-state index in [0.717, 1.165) is 16.8 Å². The largest absolute Gasteiger partial charge is 0.481 e. The molecule has 0 aliphatic heterocycles. The van der Waals surface area contributed by atoms with E-state index in [1.54, 1.807) is 36.1 Å². The maximum atomic E-state index is 13.0. The number of ether oxygens (including phenoxy) is 1. The Labute approximate surface area is 183 Å². The second-order valence-electron chi connectivity index (χ2n) is 7.48. The highest BCUT2D eigenvalue weighted by Crippen LogP contribution is 2.22. The summed E-state index contributed by atoms with van der Waals surface area (Å²) in [6.45, 7) is 8.11. The van der Waals surface area contributed by atoms with Gasteiger partial charge in [0.1, 0.15) is 5.75 Å². The predicted molar refractivity (Wildman–Crippen MR) is 125 cm³/mol. The molecule has 0 heterocycles. The molecule has 0 radical (unpaired) electrons. The summed E-state index contributed by atoms with van der Waals surface area (Å²) in [6.07, 6.45) is -0.684. The zero-order valence-electron chi connectivity index (χ0n) is 18.4. The van der Waals surface area contributed by atoms with Crippen LogP contribution < -0.4 is 15.0 Å². The number of carbonyl (C=O) groups excluding carboxylic acids is 2. The van der Waals surface area contributed by atoms with Crippen molar-refractivity contribution in [1.82, 2.24) is 0 Å². The Balaban J connectivity index is 1.71. The van der Waals surface area contributed by atoms with Gasteiger partial charge >= 0.3 is 0 Å². The molecule has 0 bridgehead atoms. The molecule has 1 N–H and O–H groups in total. The minimum atomic E-state index is -0.684. The third-order valence-corrected chi connectivity index (χ3v) is 5.02. The smallest absolute Gasteiger partial charge is 0.265 e. The molecule has 5 heteroatoms. The van der Waals surface area contributed by atoms with Gasteiger partial charge in [-0.05, 0) is 75.2 Å². The summed E-state index contributed by atoms with van der Waals surface area (Å²) >= 11 is 0. The maximum absolute atomic E-state index is 13.0. The van der Waals surface area contributed by atoms with Gasteiger partial charge in [-0.15, -0.1) is 0 Å². The number of anilines is 2. The summed E-state index contributed by atoms with van der Waals surface area (Å²) in [5.41, 5.74) is 3.93. The minimum Gasteiger partial charge on any atom is -0.481 e. The highest BCUT2D eigenvalue weighted by atomic mass is 16.5. The van der Waals surface area contributed by atoms with E-state index in [4.69, 9.17) is 4.74 Å². The summed E-state index contributed by atoms with van der Waals surface area (Å²) in [5, 5.41) is 2.85. The van der Waals surface area contributed by atoms with Gasteiger partial charge in [0, 0.05) is 23.5 Å². The molecular formula is C26H28N2O3. The first-order chi connectivity index (χ1) is 14.9. The number of hydrogen-bond donors (Lipinski definition) is 1. The molecule has 0 aliphatic carbocycles. The number of amides is 2. The van der Waals surface area contributed by atoms with Gasteiger partial charge in [0.25, 0.3) is 11.8 Å². The molecule has 0 saturated carbocycles. The van der Waals surface area contributed by atoms with Crippen molar-refractivity contribution in [2.24, 2.45) is 0 Å². The normalized spacial score (nSPS) is 11.5. The van der Waals surface area contributed by atoms with E-state index < -0.39 is 6.10 Å². The van der Waals surface area contributed by atoms with Gasteiger partial charge in [-0.2, -0.15) is 0 Å². The van der Waals surface area contributed by atoms with E-state index in [1.807, 2.05) is 69.3 Å². The SMILES string of the molecule is CCN(C(=O)c1cccc(NC(=O)C(C)Oc2cc(C)ccc2C)c1)c1ccccc1. The van der Waals surface area contributed by atoms with E-state index in [1.165, 1.54) is 0 Å². The molecule has 2 amide bonds. The molecular weight excluding hydrogens is 388 g/mol. The fourth-order valence-electron chi connectivity index (χ4n) is 3.26. The van der Waals surface area contributed by atoms with Crippen LogP contribution in [0, 0.1) is 13.8 Å². The highest BCUT2D eigenvalue weighted by Gasteiger charge is 2.19. The minimum absolute atomic E-state index is 0.121. The standard InChI is InChI=1S/C26H28N2O3/c1-5-28(23-12-7-6-8-13-23)26(30)21-10-9-11-22(17-21)27-25(29)20(4)31-24-16-18(2)14-15-19(24)3/h6-17,20H,5H2,1-4H3,(H,27,29). The highest BCUT2D eigenvalue weighted by molar-refractivity contribution is 6.07. The Morgan fingerprint density at radius 3 is 2.42 bits per heavy atom. The van der Waals surface area contributed by atoms with Crippen molar-refractivity contribution in [2.75, 3.05) is 16.8 Å². The van der Waals surface area contributed by atoms with E-state index >= 15 is 0 Å². The van der Waals surface area contributed by atoms with Crippen LogP contribution in [0.3, 0.4) is 0 Å². The first-order valence-electron chi connectivity index (χ1n) is 10.4. The Morgan fingerprint density at radius 2 is 1.71 bits per heavy atom. The average Bonchev–Trinajstić information content (AvgIpc) is 2.77. The summed E-state index contributed by atoms with van der Waals surface area (Å²) in [5.74, 6) is 0.290. The van der Waals surface area contributed by atoms with Crippen molar-refractivity contribution in [3.05, 3.63) is 89.5 Å². The van der Waals surface area contributed by atoms with E-state index in [2.05, 4.69) is 5.32 Å². The molecule has 0 spiro atoms. The lowest BCUT2D eigenvalue weighted by molar-refractivity contribution is -0.122. The molecule has 0 fully saturated rings. The number of hydrogen-bond acceptors (Lipinski definition) is 3. The monoisotopic (exact) mass is 416 g/mol. The molecule has 0 saturated heterocycles. The second-order valence-corrected chi connectivity index (χ2v) is 7.48. The van der Waals surface area contributed by atoms with Crippen molar-refractivity contribution in [3.8, 4) is 5.75 Å². The van der Waals surface area contributed by atoms with Gasteiger partial charge in [0.15, 0.2) is 6.10 Å². The maximum Gasteiger partial charge on any atom is 0.265 e. The lowest BCUT2D eigenvalue weighted by atomic mass is 10.1. The first kappa shape index (κ1) is 22.1. The Bertz CT molecular complexity index is 1060. The van der Waals surface area contributed by atoms with Crippen LogP contribution >= 0.6 is 0 Å². The van der Waals surface area contributed by atoms with Gasteiger partial charge in [0.2, 0.25) is 0 Å². The molecule has 5 nitrogen and oxygen atoms in total. The van der Waals surface area contributed by atoms with Crippen LogP contribution in [0.25, 0.3) is 0 Å². The van der Waals surface area contributed by atoms with Crippen molar-refractivity contribution in [2.45, 2.75) is 33.8 Å². The van der Waals surface area contributed by atoms with Gasteiger partial charge < -0.3 is 15.0 Å². The van der Waals surface area contributed by atoms with Crippen LogP contribution in [0.2, 0.25) is 0 Å². The van der Waals surface area contributed by atoms with Crippen molar-refractivity contribution in [1.29, 1.82) is 0 Å². The van der Waals surface area contributed by atoms with Crippen LogP contribution in [-0.2, 0) is 4.79 Å². The number of para-hydroxylation sites is 1. The number of benzene rings is 3. The summed E-state index contributed by atoms with van der Waals surface area (Å²) < 4.78 is 5.86. The van der Waals surface area contributed by atoms with E-state index in [-0.39, 0.29) is 11.8 Å². The van der Waals surface area contributed by atoms with E-state index in [0.29, 0.717) is 23.5 Å². The molecule has 3 aromatic carbocycles. The number of aryl methyl sites for hydroxylation is 2. The van der Waals surface area contributed by atoms with Crippen LogP contribution in [0.4, 0.5) is 11.4 Å². The molecule has 1 unspecified atom stereocenters. The molecule has 3 rings (SSSR count). The van der Waals surface area contributed by atoms with Crippen LogP contribution in [-0.4, -0.2) is 24.5 Å². The fourth-order valence-corrected chi connectivity index (χ4v) is 3.26. The van der Waals surface area contributed by atoms with Gasteiger partial charge in [-0.25, -0.2) is 0 Å². The summed E-state index contributed by atoms with van der Waals surface area (Å²) in [6, 6.07) is 22.4. The van der Waals surface area contributed by atoms with E-state index in [9.17, 15) is 9.59 Å². The number of rotatable bonds is 7. The Morgan fingerprint density at radius 1 is 0.968 bits per heavy atom. The number of nitrogens with zero attached hydrogens (tertiary/aromatic N) is 1. The number of nitrogens with one attached hydrogen (secondary N) is 1. The van der Waals surface area contributed by atoms with Crippen LogP contribution in [0.5, 0.6) is 5.75 Å². The second kappa shape index (κ2) is 9.94. The third-order valence-electron chi connectivity index (χ3n) is 5.02. The predicted octanol–water partition coefficient (Wildman–Crippen LogP) is 5.38. The zero-order chi connectivity index (χ0) is 22.4. The zero-order valence-corrected chi connectivity index (χ0v) is 18.4. The first-order valence-corrected chi connectivity index (χ1v) is 10.4. The van der Waals surface area contributed by atoms with Crippen molar-refractivity contribution in [3.63, 3.8) is 0 Å². The van der Waals surface area contributed by atoms with Crippen LogP contribution in [0.15, 0.2) is 72.8 Å². The van der Waals surface area contributed by atoms with Gasteiger partial charge in [0.05, 0.1) is 0 Å². The van der Waals surface area contributed by atoms with Gasteiger partial charge in [-0.3, -0.25) is 9.59 Å². The van der Waals surface area contributed by atoms with Crippen LogP contribution in [0.1, 0.15) is 35.3 Å². The quantitative estimate of drug-likeness (QED) is 0.563. The average molecular weight is 417 g/mol. The lowest BCUT2D eigenvalue weighted by Gasteiger charge is -2.21. The molecule has 1 atom stereocenters. The topological polar surface area (TPSA) is 58.6 Å². The summed E-state index contributed by atoms with van der Waals surface area (Å²) in [7, 11) is 0. The van der Waals surface area contributed by atoms with Crippen molar-refractivity contribution < 1.29 is 14.3 Å². The van der Waals surface area contributed by atoms with Crippen molar-refractivity contribution >= 4 is 23.2 Å². The molecule has 31 heavy (non-hydrogen) atoms. The Kier molecular flexibility index (Phi) is 7.08. The third kappa shape index (κ3) is 5.51. The molecule has 0 aromatic heterocycles. The summed E-state index contributed by atoms with van der Waals surface area (Å²) in [4.78, 5) is 27.4.